The Bertz CT molecular complexity index is 1050. The molecule has 1 aromatic heterocycles. The van der Waals surface area contributed by atoms with E-state index in [2.05, 4.69) is 5.32 Å². The molecule has 1 aliphatic heterocycles. The van der Waals surface area contributed by atoms with Crippen LogP contribution in [0.4, 0.5) is 13.2 Å². The van der Waals surface area contributed by atoms with Crippen molar-refractivity contribution in [2.45, 2.75) is 50.4 Å². The van der Waals surface area contributed by atoms with Gasteiger partial charge in [-0.3, -0.25) is 14.6 Å². The smallest absolute Gasteiger partial charge is 0.354 e. The summed E-state index contributed by atoms with van der Waals surface area (Å²) in [6, 6.07) is 8.39. The van der Waals surface area contributed by atoms with Gasteiger partial charge < -0.3 is 14.8 Å². The molecule has 33 heavy (non-hydrogen) atoms. The van der Waals surface area contributed by atoms with E-state index in [1.54, 1.807) is 0 Å². The Balaban J connectivity index is 1.48. The molecule has 2 amide bonds. The quantitative estimate of drug-likeness (QED) is 0.715. The van der Waals surface area contributed by atoms with Gasteiger partial charge in [0.05, 0.1) is 5.56 Å². The molecule has 2 aliphatic rings. The van der Waals surface area contributed by atoms with Gasteiger partial charge in [0.15, 0.2) is 0 Å². The highest BCUT2D eigenvalue weighted by molar-refractivity contribution is 6.47. The number of aliphatic imine (C=N–C) groups is 1. The number of nitrogens with zero attached hydrogens (tertiary/aromatic N) is 3. The zero-order valence-corrected chi connectivity index (χ0v) is 18.5. The summed E-state index contributed by atoms with van der Waals surface area (Å²) in [4.78, 5) is 32.2. The number of carbonyl (C=O) groups excluding carboxylic acids is 2. The van der Waals surface area contributed by atoms with E-state index in [0.29, 0.717) is 31.4 Å². The fourth-order valence-electron chi connectivity index (χ4n) is 4.64. The summed E-state index contributed by atoms with van der Waals surface area (Å²) in [5, 5.41) is 2.87. The molecule has 0 unspecified atom stereocenters. The SMILES string of the molecule is Cn1cccc1CCNC(=O)CN1C(=O)C(c2ccc(C(F)(F)F)cc2)=NC12CCCCC2. The number of alkyl halides is 3. The molecule has 0 saturated heterocycles. The summed E-state index contributed by atoms with van der Waals surface area (Å²) in [6.07, 6.45) is 2.21. The van der Waals surface area contributed by atoms with E-state index >= 15 is 0 Å². The maximum absolute atomic E-state index is 13.3. The number of hydrogen-bond acceptors (Lipinski definition) is 3. The molecular weight excluding hydrogens is 433 g/mol. The Kier molecular flexibility index (Phi) is 6.32. The summed E-state index contributed by atoms with van der Waals surface area (Å²) in [5.74, 6) is -0.680. The molecule has 4 rings (SSSR count). The summed E-state index contributed by atoms with van der Waals surface area (Å²) >= 11 is 0. The minimum absolute atomic E-state index is 0.125. The lowest BCUT2D eigenvalue weighted by Gasteiger charge is -2.38. The average Bonchev–Trinajstić information content (AvgIpc) is 3.30. The summed E-state index contributed by atoms with van der Waals surface area (Å²) < 4.78 is 40.8. The van der Waals surface area contributed by atoms with Crippen molar-refractivity contribution >= 4 is 17.5 Å². The molecular formula is C24H27F3N4O2. The summed E-state index contributed by atoms with van der Waals surface area (Å²) in [6.45, 7) is 0.317. The van der Waals surface area contributed by atoms with E-state index < -0.39 is 23.3 Å². The third kappa shape index (κ3) is 4.82. The summed E-state index contributed by atoms with van der Waals surface area (Å²) in [7, 11) is 1.94. The van der Waals surface area contributed by atoms with Crippen LogP contribution in [-0.2, 0) is 29.2 Å². The monoisotopic (exact) mass is 460 g/mol. The van der Waals surface area contributed by atoms with E-state index in [4.69, 9.17) is 4.99 Å². The Morgan fingerprint density at radius 2 is 1.82 bits per heavy atom. The molecule has 9 heteroatoms. The molecule has 1 saturated carbocycles. The van der Waals surface area contributed by atoms with Gasteiger partial charge in [-0.1, -0.05) is 18.6 Å². The Morgan fingerprint density at radius 3 is 2.42 bits per heavy atom. The normalized spacial score (nSPS) is 18.0. The van der Waals surface area contributed by atoms with Crippen molar-refractivity contribution in [3.8, 4) is 0 Å². The van der Waals surface area contributed by atoms with Crippen molar-refractivity contribution in [1.29, 1.82) is 0 Å². The first kappa shape index (κ1) is 23.1. The zero-order chi connectivity index (χ0) is 23.6. The molecule has 6 nitrogen and oxygen atoms in total. The van der Waals surface area contributed by atoms with Crippen molar-refractivity contribution in [1.82, 2.24) is 14.8 Å². The van der Waals surface area contributed by atoms with Gasteiger partial charge in [0.25, 0.3) is 5.91 Å². The highest BCUT2D eigenvalue weighted by atomic mass is 19.4. The van der Waals surface area contributed by atoms with Gasteiger partial charge >= 0.3 is 6.18 Å². The predicted octanol–water partition coefficient (Wildman–Crippen LogP) is 3.69. The fraction of sp³-hybridized carbons (Fsp3) is 0.458. The number of amides is 2. The molecule has 0 radical (unpaired) electrons. The highest BCUT2D eigenvalue weighted by Gasteiger charge is 2.48. The van der Waals surface area contributed by atoms with Crippen molar-refractivity contribution in [3.05, 3.63) is 59.4 Å². The van der Waals surface area contributed by atoms with Crippen LogP contribution in [0.3, 0.4) is 0 Å². The zero-order valence-electron chi connectivity index (χ0n) is 18.5. The molecule has 2 aromatic rings. The highest BCUT2D eigenvalue weighted by Crippen LogP contribution is 2.39. The number of aryl methyl sites for hydroxylation is 1. The maximum atomic E-state index is 13.3. The second-order valence-corrected chi connectivity index (χ2v) is 8.68. The summed E-state index contributed by atoms with van der Waals surface area (Å²) in [5.41, 5.74) is -0.0295. The molecule has 176 valence electrons. The molecule has 1 aromatic carbocycles. The van der Waals surface area contributed by atoms with Crippen LogP contribution in [-0.4, -0.2) is 45.7 Å². The van der Waals surface area contributed by atoms with Crippen LogP contribution in [0.1, 0.15) is 48.9 Å². The first-order valence-electron chi connectivity index (χ1n) is 11.2. The van der Waals surface area contributed by atoms with Crippen molar-refractivity contribution in [2.75, 3.05) is 13.1 Å². The van der Waals surface area contributed by atoms with E-state index in [-0.39, 0.29) is 18.2 Å². The number of nitrogens with one attached hydrogen (secondary N) is 1. The number of halogens is 3. The third-order valence-electron chi connectivity index (χ3n) is 6.47. The number of hydrogen-bond donors (Lipinski definition) is 1. The molecule has 0 bridgehead atoms. The molecule has 1 spiro atoms. The van der Waals surface area contributed by atoms with E-state index in [1.807, 2.05) is 29.9 Å². The maximum Gasteiger partial charge on any atom is 0.416 e. The standard InChI is InChI=1S/C24H27F3N4O2/c1-30-15-5-6-19(30)11-14-28-20(32)16-31-22(33)21(29-23(31)12-3-2-4-13-23)17-7-9-18(10-8-17)24(25,26)27/h5-10,15H,2-4,11-14,16H2,1H3,(H,28,32). The molecule has 1 aliphatic carbocycles. The molecule has 1 fully saturated rings. The van der Waals surface area contributed by atoms with Crippen molar-refractivity contribution in [2.24, 2.45) is 12.0 Å². The lowest BCUT2D eigenvalue weighted by atomic mass is 9.88. The van der Waals surface area contributed by atoms with Crippen LogP contribution in [0.5, 0.6) is 0 Å². The van der Waals surface area contributed by atoms with Crippen LogP contribution in [0, 0.1) is 0 Å². The molecule has 1 N–H and O–H groups in total. The van der Waals surface area contributed by atoms with E-state index in [0.717, 1.165) is 37.1 Å². The van der Waals surface area contributed by atoms with Crippen molar-refractivity contribution in [3.63, 3.8) is 0 Å². The number of carbonyl (C=O) groups is 2. The van der Waals surface area contributed by atoms with Gasteiger partial charge in [-0.05, 0) is 49.9 Å². The predicted molar refractivity (Wildman–Crippen MR) is 118 cm³/mol. The molecule has 0 atom stereocenters. The van der Waals surface area contributed by atoms with Crippen LogP contribution < -0.4 is 5.32 Å². The van der Waals surface area contributed by atoms with E-state index in [9.17, 15) is 22.8 Å². The van der Waals surface area contributed by atoms with E-state index in [1.165, 1.54) is 17.0 Å². The number of rotatable bonds is 6. The third-order valence-corrected chi connectivity index (χ3v) is 6.47. The second kappa shape index (κ2) is 9.03. The van der Waals surface area contributed by atoms with Crippen LogP contribution >= 0.6 is 0 Å². The van der Waals surface area contributed by atoms with Gasteiger partial charge in [0.1, 0.15) is 17.9 Å². The van der Waals surface area contributed by atoms with Gasteiger partial charge in [0, 0.05) is 37.5 Å². The first-order chi connectivity index (χ1) is 15.7. The fourth-order valence-corrected chi connectivity index (χ4v) is 4.64. The Morgan fingerprint density at radius 1 is 1.12 bits per heavy atom. The Labute approximate surface area is 190 Å². The van der Waals surface area contributed by atoms with Gasteiger partial charge in [-0.25, -0.2) is 0 Å². The van der Waals surface area contributed by atoms with Gasteiger partial charge in [-0.15, -0.1) is 0 Å². The molecule has 2 heterocycles. The van der Waals surface area contributed by atoms with Crippen molar-refractivity contribution < 1.29 is 22.8 Å². The van der Waals surface area contributed by atoms with Crippen LogP contribution in [0.25, 0.3) is 0 Å². The second-order valence-electron chi connectivity index (χ2n) is 8.68. The van der Waals surface area contributed by atoms with Crippen LogP contribution in [0.2, 0.25) is 0 Å². The minimum atomic E-state index is -4.45. The first-order valence-corrected chi connectivity index (χ1v) is 11.2. The van der Waals surface area contributed by atoms with Crippen LogP contribution in [0.15, 0.2) is 47.6 Å². The number of aromatic nitrogens is 1. The minimum Gasteiger partial charge on any atom is -0.354 e. The Hall–Kier alpha value is -3.10. The van der Waals surface area contributed by atoms with Gasteiger partial charge in [0.2, 0.25) is 5.91 Å². The average molecular weight is 461 g/mol. The lowest BCUT2D eigenvalue weighted by Crippen LogP contribution is -2.52. The lowest BCUT2D eigenvalue weighted by molar-refractivity contribution is -0.137. The number of benzene rings is 1. The van der Waals surface area contributed by atoms with Gasteiger partial charge in [-0.2, -0.15) is 13.2 Å². The topological polar surface area (TPSA) is 66.7 Å². The largest absolute Gasteiger partial charge is 0.416 e.